The maximum absolute atomic E-state index is 11.3. The number of aromatic nitrogens is 1. The number of nitrogens with one attached hydrogen (secondary N) is 1. The van der Waals surface area contributed by atoms with Crippen LogP contribution in [0, 0.1) is 0 Å². The molecule has 7 rings (SSSR count). The molecule has 0 radical (unpaired) electrons. The highest BCUT2D eigenvalue weighted by Gasteiger charge is 2.37. The molecule has 2 heterocycles. The van der Waals surface area contributed by atoms with Gasteiger partial charge in [-0.15, -0.1) is 0 Å². The van der Waals surface area contributed by atoms with E-state index in [0.29, 0.717) is 35.7 Å². The number of fused-ring (bicyclic) bond motifs is 6. The van der Waals surface area contributed by atoms with Crippen LogP contribution in [0.25, 0.3) is 22.0 Å². The molecule has 7 nitrogen and oxygen atoms in total. The van der Waals surface area contributed by atoms with Crippen LogP contribution < -0.4 is 14.2 Å². The summed E-state index contributed by atoms with van der Waals surface area (Å²) in [5.74, 6) is 2.07. The third-order valence-corrected chi connectivity index (χ3v) is 8.54. The Hall–Kier alpha value is -4.62. The van der Waals surface area contributed by atoms with Crippen LogP contribution in [0.5, 0.6) is 28.7 Å². The molecule has 1 aromatic heterocycles. The van der Waals surface area contributed by atoms with Crippen molar-refractivity contribution in [3.05, 3.63) is 101 Å². The van der Waals surface area contributed by atoms with E-state index in [4.69, 9.17) is 14.2 Å². The summed E-state index contributed by atoms with van der Waals surface area (Å²) in [4.78, 5) is 3.26. The third-order valence-electron chi connectivity index (χ3n) is 8.54. The van der Waals surface area contributed by atoms with Crippen LogP contribution in [0.3, 0.4) is 0 Å². The first-order chi connectivity index (χ1) is 19.9. The van der Waals surface area contributed by atoms with Crippen molar-refractivity contribution in [2.24, 2.45) is 0 Å². The van der Waals surface area contributed by atoms with Gasteiger partial charge in [0.2, 0.25) is 0 Å². The normalized spacial score (nSPS) is 19.1. The first-order valence-electron chi connectivity index (χ1n) is 13.8. The van der Waals surface area contributed by atoms with E-state index in [0.717, 1.165) is 39.8 Å². The number of phenols is 2. The monoisotopic (exact) mass is 549 g/mol. The summed E-state index contributed by atoms with van der Waals surface area (Å²) in [6, 6.07) is 21.0. The molecule has 208 valence electrons. The first-order valence-corrected chi connectivity index (χ1v) is 13.8. The minimum Gasteiger partial charge on any atom is -0.508 e. The van der Waals surface area contributed by atoms with Crippen LogP contribution in [0.2, 0.25) is 0 Å². The fourth-order valence-corrected chi connectivity index (χ4v) is 6.60. The van der Waals surface area contributed by atoms with Crippen LogP contribution in [0.1, 0.15) is 39.8 Å². The number of aliphatic hydroxyl groups is 1. The van der Waals surface area contributed by atoms with E-state index >= 15 is 0 Å². The molecule has 5 aromatic rings. The molecule has 1 aliphatic heterocycles. The second-order valence-electron chi connectivity index (χ2n) is 10.9. The van der Waals surface area contributed by atoms with Crippen LogP contribution in [0.15, 0.2) is 72.9 Å². The number of rotatable bonds is 5. The van der Waals surface area contributed by atoms with Crippen LogP contribution in [0.4, 0.5) is 0 Å². The molecule has 41 heavy (non-hydrogen) atoms. The van der Waals surface area contributed by atoms with Gasteiger partial charge in [0, 0.05) is 35.3 Å². The number of methoxy groups -OCH3 is 2. The van der Waals surface area contributed by atoms with E-state index < -0.39 is 12.2 Å². The average Bonchev–Trinajstić information content (AvgIpc) is 3.45. The first kappa shape index (κ1) is 25.4. The molecule has 0 fully saturated rings. The van der Waals surface area contributed by atoms with E-state index in [2.05, 4.69) is 29.2 Å². The minimum absolute atomic E-state index is 0.0316. The molecule has 0 saturated carbocycles. The van der Waals surface area contributed by atoms with Gasteiger partial charge >= 0.3 is 0 Å². The third kappa shape index (κ3) is 4.24. The Kier molecular flexibility index (Phi) is 6.05. The number of hydrogen-bond acceptors (Lipinski definition) is 6. The zero-order valence-electron chi connectivity index (χ0n) is 22.8. The highest BCUT2D eigenvalue weighted by molar-refractivity contribution is 5.83. The van der Waals surface area contributed by atoms with Crippen molar-refractivity contribution >= 4 is 10.9 Å². The molecule has 4 aromatic carbocycles. The molecule has 4 N–H and O–H groups in total. The lowest BCUT2D eigenvalue weighted by atomic mass is 9.73. The number of hydrogen-bond donors (Lipinski definition) is 4. The van der Waals surface area contributed by atoms with Crippen molar-refractivity contribution in [1.82, 2.24) is 4.98 Å². The number of aliphatic hydroxyl groups excluding tert-OH is 1. The Morgan fingerprint density at radius 3 is 2.56 bits per heavy atom. The molecule has 2 aliphatic rings. The largest absolute Gasteiger partial charge is 0.508 e. The molecular weight excluding hydrogens is 518 g/mol. The second-order valence-corrected chi connectivity index (χ2v) is 10.9. The van der Waals surface area contributed by atoms with Crippen molar-refractivity contribution in [2.45, 2.75) is 37.4 Å². The van der Waals surface area contributed by atoms with E-state index in [1.807, 2.05) is 24.4 Å². The Balaban J connectivity index is 1.32. The van der Waals surface area contributed by atoms with Gasteiger partial charge in [0.25, 0.3) is 0 Å². The number of phenolic OH excluding ortho intramolecular Hbond substituents is 2. The lowest BCUT2D eigenvalue weighted by Gasteiger charge is -2.37. The Bertz CT molecular complexity index is 1790. The van der Waals surface area contributed by atoms with Gasteiger partial charge in [-0.25, -0.2) is 0 Å². The lowest BCUT2D eigenvalue weighted by molar-refractivity contribution is 0.0202. The number of H-pyrrole nitrogens is 1. The molecule has 0 amide bonds. The minimum atomic E-state index is -0.801. The number of benzene rings is 4. The predicted molar refractivity (Wildman–Crippen MR) is 156 cm³/mol. The standard InChI is InChI=1S/C34H31NO6/c1-39-31-14-20(4-8-28(31)37)34-29(38)16-25-26-13-21(12-18-3-7-27-19(11-18)9-10-35-27)24-15-22(36)5-6-23(24)33(26)32(40-2)17-30(25)41-34/h3-11,14-15,17,21,29,34-38H,12-13,16H2,1-2H3/t21-,29-,34-/m1/s1. The molecule has 0 saturated heterocycles. The van der Waals surface area contributed by atoms with Gasteiger partial charge < -0.3 is 34.5 Å². The summed E-state index contributed by atoms with van der Waals surface area (Å²) in [5.41, 5.74) is 8.20. The highest BCUT2D eigenvalue weighted by atomic mass is 16.5. The fourth-order valence-electron chi connectivity index (χ4n) is 6.60. The van der Waals surface area contributed by atoms with Gasteiger partial charge in [0.15, 0.2) is 11.5 Å². The number of aromatic amines is 1. The molecule has 0 spiro atoms. The molecule has 0 bridgehead atoms. The summed E-state index contributed by atoms with van der Waals surface area (Å²) in [6.07, 6.45) is 2.43. The molecule has 1 aliphatic carbocycles. The number of ether oxygens (including phenoxy) is 3. The van der Waals surface area contributed by atoms with Crippen molar-refractivity contribution in [2.75, 3.05) is 14.2 Å². The number of aromatic hydroxyl groups is 2. The fraction of sp³-hybridized carbons (Fsp3) is 0.235. The van der Waals surface area contributed by atoms with Gasteiger partial charge in [-0.3, -0.25) is 0 Å². The zero-order valence-corrected chi connectivity index (χ0v) is 22.8. The van der Waals surface area contributed by atoms with Gasteiger partial charge in [-0.05, 0) is 94.4 Å². The quantitative estimate of drug-likeness (QED) is 0.209. The molecule has 7 heteroatoms. The van der Waals surface area contributed by atoms with E-state index in [9.17, 15) is 15.3 Å². The summed E-state index contributed by atoms with van der Waals surface area (Å²) in [6.45, 7) is 0. The maximum atomic E-state index is 11.3. The maximum Gasteiger partial charge on any atom is 0.160 e. The van der Waals surface area contributed by atoms with Gasteiger partial charge in [0.1, 0.15) is 23.4 Å². The molecule has 3 atom stereocenters. The Morgan fingerprint density at radius 1 is 0.878 bits per heavy atom. The lowest BCUT2D eigenvalue weighted by Crippen LogP contribution is -2.32. The van der Waals surface area contributed by atoms with Crippen molar-refractivity contribution < 1.29 is 29.5 Å². The molecular formula is C34H31NO6. The van der Waals surface area contributed by atoms with Crippen LogP contribution in [-0.4, -0.2) is 40.6 Å². The smallest absolute Gasteiger partial charge is 0.160 e. The highest BCUT2D eigenvalue weighted by Crippen LogP contribution is 2.52. The average molecular weight is 550 g/mol. The topological polar surface area (TPSA) is 104 Å². The van der Waals surface area contributed by atoms with E-state index in [1.54, 1.807) is 31.4 Å². The predicted octanol–water partition coefficient (Wildman–Crippen LogP) is 6.18. The van der Waals surface area contributed by atoms with Crippen molar-refractivity contribution in [3.8, 4) is 39.9 Å². The second kappa shape index (κ2) is 9.78. The van der Waals surface area contributed by atoms with Crippen molar-refractivity contribution in [1.29, 1.82) is 0 Å². The van der Waals surface area contributed by atoms with E-state index in [1.165, 1.54) is 18.1 Å². The Labute approximate surface area is 237 Å². The summed E-state index contributed by atoms with van der Waals surface area (Å²) < 4.78 is 17.7. The SMILES string of the molecule is COc1cc([C@H]2Oc3cc(OC)c4c(c3C[C@H]2O)C[C@@H](Cc2ccc3[nH]ccc3c2)c2cc(O)ccc2-4)ccc1O. The summed E-state index contributed by atoms with van der Waals surface area (Å²) >= 11 is 0. The van der Waals surface area contributed by atoms with Crippen LogP contribution in [-0.2, 0) is 19.3 Å². The van der Waals surface area contributed by atoms with Gasteiger partial charge in [-0.1, -0.05) is 18.2 Å². The Morgan fingerprint density at radius 2 is 1.73 bits per heavy atom. The zero-order chi connectivity index (χ0) is 28.2. The van der Waals surface area contributed by atoms with Crippen molar-refractivity contribution in [3.63, 3.8) is 0 Å². The van der Waals surface area contributed by atoms with Gasteiger partial charge in [0.05, 0.1) is 20.3 Å². The summed E-state index contributed by atoms with van der Waals surface area (Å²) in [5, 5.41) is 33.0. The van der Waals surface area contributed by atoms with Gasteiger partial charge in [-0.2, -0.15) is 0 Å². The summed E-state index contributed by atoms with van der Waals surface area (Å²) in [7, 11) is 3.15. The van der Waals surface area contributed by atoms with E-state index in [-0.39, 0.29) is 17.4 Å². The molecule has 0 unspecified atom stereocenters. The van der Waals surface area contributed by atoms with Crippen LogP contribution >= 0.6 is 0 Å².